The molecule has 0 aliphatic heterocycles. The molecule has 4 aromatic carbocycles. The molecule has 0 amide bonds. The molecule has 0 aliphatic rings. The van der Waals surface area contributed by atoms with E-state index in [4.69, 9.17) is 4.74 Å². The van der Waals surface area contributed by atoms with Crippen LogP contribution in [0.2, 0.25) is 0 Å². The highest BCUT2D eigenvalue weighted by atomic mass is 16.5. The van der Waals surface area contributed by atoms with Crippen molar-refractivity contribution in [2.45, 2.75) is 25.9 Å². The molecule has 1 N–H and O–H groups in total. The second-order valence-corrected chi connectivity index (χ2v) is 7.21. The van der Waals surface area contributed by atoms with Crippen molar-refractivity contribution in [3.8, 4) is 0 Å². The first-order valence-corrected chi connectivity index (χ1v) is 10.2. The van der Waals surface area contributed by atoms with E-state index in [9.17, 15) is 0 Å². The Morgan fingerprint density at radius 2 is 1.36 bits per heavy atom. The Morgan fingerprint density at radius 3 is 2.21 bits per heavy atom. The van der Waals surface area contributed by atoms with Crippen molar-refractivity contribution in [2.75, 3.05) is 18.5 Å². The topological polar surface area (TPSA) is 21.3 Å². The van der Waals surface area contributed by atoms with E-state index in [0.29, 0.717) is 6.61 Å². The minimum atomic E-state index is 0.674. The Kier molecular flexibility index (Phi) is 6.21. The van der Waals surface area contributed by atoms with Gasteiger partial charge in [-0.1, -0.05) is 66.7 Å². The third-order valence-electron chi connectivity index (χ3n) is 5.18. The quantitative estimate of drug-likeness (QED) is 0.259. The van der Waals surface area contributed by atoms with Gasteiger partial charge in [-0.25, -0.2) is 0 Å². The molecule has 0 aliphatic carbocycles. The van der Waals surface area contributed by atoms with Crippen LogP contribution in [0.15, 0.2) is 84.9 Å². The largest absolute Gasteiger partial charge is 0.385 e. The zero-order chi connectivity index (χ0) is 19.0. The standard InChI is InChI=1S/C26H27NO/c1-3-12-23(13-4-1)27-17-9-2-10-18-28-20-22-19-21-11-5-6-14-24(21)26-16-8-7-15-25(22)26/h1,3-8,11-16,19,27H,2,9-10,17-18,20H2. The molecule has 2 nitrogen and oxygen atoms in total. The minimum Gasteiger partial charge on any atom is -0.385 e. The average molecular weight is 370 g/mol. The average Bonchev–Trinajstić information content (AvgIpc) is 2.76. The summed E-state index contributed by atoms with van der Waals surface area (Å²) in [6.07, 6.45) is 3.44. The minimum absolute atomic E-state index is 0.674. The van der Waals surface area contributed by atoms with Gasteiger partial charge in [-0.05, 0) is 64.6 Å². The monoisotopic (exact) mass is 369 g/mol. The van der Waals surface area contributed by atoms with E-state index < -0.39 is 0 Å². The first-order valence-electron chi connectivity index (χ1n) is 10.2. The highest BCUT2D eigenvalue weighted by molar-refractivity contribution is 6.08. The molecule has 0 aromatic heterocycles. The molecular formula is C26H27NO. The van der Waals surface area contributed by atoms with E-state index in [1.807, 2.05) is 6.07 Å². The van der Waals surface area contributed by atoms with Gasteiger partial charge in [0.1, 0.15) is 0 Å². The van der Waals surface area contributed by atoms with Crippen molar-refractivity contribution >= 4 is 27.2 Å². The molecule has 0 heterocycles. The number of benzene rings is 4. The summed E-state index contributed by atoms with van der Waals surface area (Å²) in [5.74, 6) is 0. The van der Waals surface area contributed by atoms with Crippen LogP contribution in [0.3, 0.4) is 0 Å². The molecule has 28 heavy (non-hydrogen) atoms. The fourth-order valence-corrected chi connectivity index (χ4v) is 3.73. The fourth-order valence-electron chi connectivity index (χ4n) is 3.73. The van der Waals surface area contributed by atoms with Crippen LogP contribution in [0.25, 0.3) is 21.5 Å². The molecule has 0 fully saturated rings. The lowest BCUT2D eigenvalue weighted by atomic mass is 9.98. The van der Waals surface area contributed by atoms with Crippen LogP contribution in [-0.4, -0.2) is 13.2 Å². The number of para-hydroxylation sites is 1. The summed E-state index contributed by atoms with van der Waals surface area (Å²) < 4.78 is 6.02. The van der Waals surface area contributed by atoms with Gasteiger partial charge < -0.3 is 10.1 Å². The predicted molar refractivity (Wildman–Crippen MR) is 120 cm³/mol. The third-order valence-corrected chi connectivity index (χ3v) is 5.18. The van der Waals surface area contributed by atoms with Crippen molar-refractivity contribution in [3.05, 3.63) is 90.5 Å². The normalized spacial score (nSPS) is 11.1. The number of hydrogen-bond donors (Lipinski definition) is 1. The smallest absolute Gasteiger partial charge is 0.0723 e. The van der Waals surface area contributed by atoms with E-state index in [-0.39, 0.29) is 0 Å². The second kappa shape index (κ2) is 9.38. The lowest BCUT2D eigenvalue weighted by Gasteiger charge is -2.11. The summed E-state index contributed by atoms with van der Waals surface area (Å²) in [5, 5.41) is 8.67. The van der Waals surface area contributed by atoms with E-state index in [0.717, 1.165) is 26.0 Å². The maximum absolute atomic E-state index is 6.02. The lowest BCUT2D eigenvalue weighted by molar-refractivity contribution is 0.118. The summed E-state index contributed by atoms with van der Waals surface area (Å²) in [7, 11) is 0. The molecule has 0 atom stereocenters. The molecule has 2 heteroatoms. The summed E-state index contributed by atoms with van der Waals surface area (Å²) in [6.45, 7) is 2.50. The zero-order valence-electron chi connectivity index (χ0n) is 16.2. The van der Waals surface area contributed by atoms with Crippen LogP contribution in [0.4, 0.5) is 5.69 Å². The molecular weight excluding hydrogens is 342 g/mol. The summed E-state index contributed by atoms with van der Waals surface area (Å²) in [6, 6.07) is 29.9. The van der Waals surface area contributed by atoms with Gasteiger partial charge >= 0.3 is 0 Å². The van der Waals surface area contributed by atoms with Crippen LogP contribution < -0.4 is 5.32 Å². The zero-order valence-corrected chi connectivity index (χ0v) is 16.2. The number of hydrogen-bond acceptors (Lipinski definition) is 2. The van der Waals surface area contributed by atoms with Crippen LogP contribution in [0.1, 0.15) is 24.8 Å². The number of ether oxygens (including phenoxy) is 1. The predicted octanol–water partition coefficient (Wildman–Crippen LogP) is 6.79. The Bertz CT molecular complexity index is 1030. The van der Waals surface area contributed by atoms with Crippen molar-refractivity contribution in [2.24, 2.45) is 0 Å². The van der Waals surface area contributed by atoms with Gasteiger partial charge in [-0.15, -0.1) is 0 Å². The molecule has 0 spiro atoms. The van der Waals surface area contributed by atoms with Gasteiger partial charge in [0.05, 0.1) is 6.61 Å². The van der Waals surface area contributed by atoms with Gasteiger partial charge in [0.2, 0.25) is 0 Å². The first kappa shape index (κ1) is 18.5. The van der Waals surface area contributed by atoms with Crippen molar-refractivity contribution in [1.82, 2.24) is 0 Å². The van der Waals surface area contributed by atoms with Crippen LogP contribution >= 0.6 is 0 Å². The van der Waals surface area contributed by atoms with E-state index in [1.54, 1.807) is 0 Å². The second-order valence-electron chi connectivity index (χ2n) is 7.21. The van der Waals surface area contributed by atoms with E-state index in [1.165, 1.54) is 39.2 Å². The summed E-state index contributed by atoms with van der Waals surface area (Å²) in [4.78, 5) is 0. The number of anilines is 1. The number of fused-ring (bicyclic) bond motifs is 3. The van der Waals surface area contributed by atoms with Gasteiger partial charge in [0.15, 0.2) is 0 Å². The molecule has 0 saturated heterocycles. The van der Waals surface area contributed by atoms with Crippen LogP contribution in [-0.2, 0) is 11.3 Å². The Balaban J connectivity index is 1.26. The number of rotatable bonds is 9. The van der Waals surface area contributed by atoms with Gasteiger partial charge in [0.25, 0.3) is 0 Å². The molecule has 4 rings (SSSR count). The number of unbranched alkanes of at least 4 members (excludes halogenated alkanes) is 2. The molecule has 0 unspecified atom stereocenters. The molecule has 0 radical (unpaired) electrons. The fraction of sp³-hybridized carbons (Fsp3) is 0.231. The Morgan fingerprint density at radius 1 is 0.643 bits per heavy atom. The molecule has 0 saturated carbocycles. The van der Waals surface area contributed by atoms with Crippen molar-refractivity contribution in [3.63, 3.8) is 0 Å². The van der Waals surface area contributed by atoms with Gasteiger partial charge in [0, 0.05) is 18.8 Å². The lowest BCUT2D eigenvalue weighted by Crippen LogP contribution is -2.02. The summed E-state index contributed by atoms with van der Waals surface area (Å²) >= 11 is 0. The van der Waals surface area contributed by atoms with E-state index in [2.05, 4.69) is 84.2 Å². The molecule has 0 bridgehead atoms. The Hall–Kier alpha value is -2.84. The van der Waals surface area contributed by atoms with Gasteiger partial charge in [-0.2, -0.15) is 0 Å². The van der Waals surface area contributed by atoms with Crippen LogP contribution in [0, 0.1) is 0 Å². The maximum Gasteiger partial charge on any atom is 0.0723 e. The molecule has 142 valence electrons. The van der Waals surface area contributed by atoms with E-state index >= 15 is 0 Å². The maximum atomic E-state index is 6.02. The highest BCUT2D eigenvalue weighted by Gasteiger charge is 2.06. The van der Waals surface area contributed by atoms with Crippen molar-refractivity contribution < 1.29 is 4.74 Å². The van der Waals surface area contributed by atoms with Crippen molar-refractivity contribution in [1.29, 1.82) is 0 Å². The number of nitrogens with one attached hydrogen (secondary N) is 1. The molecule has 4 aromatic rings. The SMILES string of the molecule is c1ccc(NCCCCCOCc2cc3ccccc3c3ccccc23)cc1. The van der Waals surface area contributed by atoms with Crippen LogP contribution in [0.5, 0.6) is 0 Å². The third kappa shape index (κ3) is 4.52. The highest BCUT2D eigenvalue weighted by Crippen LogP contribution is 2.29. The van der Waals surface area contributed by atoms with Gasteiger partial charge in [-0.3, -0.25) is 0 Å². The first-order chi connectivity index (χ1) is 13.9. The summed E-state index contributed by atoms with van der Waals surface area (Å²) in [5.41, 5.74) is 2.47. The Labute approximate surface area is 167 Å².